The highest BCUT2D eigenvalue weighted by atomic mass is 35.5. The molecule has 1 aliphatic rings. The van der Waals surface area contributed by atoms with Gasteiger partial charge in [-0.15, -0.1) is 0 Å². The van der Waals surface area contributed by atoms with E-state index in [0.29, 0.717) is 12.5 Å². The van der Waals surface area contributed by atoms with Crippen LogP contribution in [-0.4, -0.2) is 11.6 Å². The van der Waals surface area contributed by atoms with E-state index in [0.717, 1.165) is 27.4 Å². The van der Waals surface area contributed by atoms with Crippen LogP contribution in [0.15, 0.2) is 24.3 Å². The first-order valence-electron chi connectivity index (χ1n) is 6.01. The van der Waals surface area contributed by atoms with Crippen LogP contribution in [0.4, 0.5) is 0 Å². The molecule has 1 aromatic carbocycles. The highest BCUT2D eigenvalue weighted by Crippen LogP contribution is 2.41. The van der Waals surface area contributed by atoms with Crippen LogP contribution in [0.5, 0.6) is 5.75 Å². The summed E-state index contributed by atoms with van der Waals surface area (Å²) in [7, 11) is 0. The molecule has 1 aromatic heterocycles. The van der Waals surface area contributed by atoms with Gasteiger partial charge in [0.2, 0.25) is 0 Å². The summed E-state index contributed by atoms with van der Waals surface area (Å²) in [6.07, 6.45) is 2.48. The normalized spacial score (nSPS) is 15.2. The number of rotatable bonds is 3. The van der Waals surface area contributed by atoms with Crippen LogP contribution in [0.2, 0.25) is 5.02 Å². The molecule has 17 heavy (non-hydrogen) atoms. The van der Waals surface area contributed by atoms with Gasteiger partial charge in [0.25, 0.3) is 0 Å². The molecular formula is C14H14ClNO. The van der Waals surface area contributed by atoms with Crippen molar-refractivity contribution in [2.45, 2.75) is 25.7 Å². The predicted molar refractivity (Wildman–Crippen MR) is 69.9 cm³/mol. The highest BCUT2D eigenvalue weighted by Gasteiger charge is 2.25. The van der Waals surface area contributed by atoms with E-state index in [9.17, 15) is 0 Å². The first-order valence-corrected chi connectivity index (χ1v) is 6.38. The van der Waals surface area contributed by atoms with Crippen LogP contribution < -0.4 is 4.74 Å². The van der Waals surface area contributed by atoms with E-state index in [1.807, 2.05) is 31.2 Å². The molecular weight excluding hydrogens is 234 g/mol. The third-order valence-corrected chi connectivity index (χ3v) is 3.37. The maximum Gasteiger partial charge on any atom is 0.120 e. The summed E-state index contributed by atoms with van der Waals surface area (Å²) in [6.45, 7) is 2.64. The summed E-state index contributed by atoms with van der Waals surface area (Å²) in [6, 6.07) is 7.89. The van der Waals surface area contributed by atoms with Crippen molar-refractivity contribution in [2.75, 3.05) is 6.61 Å². The molecule has 0 atom stereocenters. The first-order chi connectivity index (χ1) is 8.28. The Morgan fingerprint density at radius 2 is 2.18 bits per heavy atom. The lowest BCUT2D eigenvalue weighted by molar-refractivity contribution is 0.340. The average molecular weight is 248 g/mol. The van der Waals surface area contributed by atoms with Gasteiger partial charge in [0, 0.05) is 17.0 Å². The average Bonchev–Trinajstić information content (AvgIpc) is 3.14. The van der Waals surface area contributed by atoms with Gasteiger partial charge in [-0.3, -0.25) is 4.98 Å². The van der Waals surface area contributed by atoms with E-state index in [1.54, 1.807) is 0 Å². The van der Waals surface area contributed by atoms with Gasteiger partial charge in [0.15, 0.2) is 0 Å². The van der Waals surface area contributed by atoms with Crippen LogP contribution in [-0.2, 0) is 0 Å². The second kappa shape index (κ2) is 4.19. The molecule has 0 amide bonds. The number of nitrogens with zero attached hydrogens (tertiary/aromatic N) is 1. The van der Waals surface area contributed by atoms with Gasteiger partial charge in [-0.2, -0.15) is 0 Å². The van der Waals surface area contributed by atoms with Crippen LogP contribution in [0, 0.1) is 0 Å². The highest BCUT2D eigenvalue weighted by molar-refractivity contribution is 6.35. The number of benzene rings is 1. The third kappa shape index (κ3) is 2.09. The third-order valence-electron chi connectivity index (χ3n) is 3.06. The fourth-order valence-electron chi connectivity index (χ4n) is 2.03. The lowest BCUT2D eigenvalue weighted by Gasteiger charge is -2.07. The Morgan fingerprint density at radius 3 is 2.88 bits per heavy atom. The molecule has 3 heteroatoms. The molecule has 88 valence electrons. The summed E-state index contributed by atoms with van der Waals surface area (Å²) in [5.74, 6) is 1.48. The van der Waals surface area contributed by atoms with Gasteiger partial charge in [0.1, 0.15) is 5.75 Å². The van der Waals surface area contributed by atoms with E-state index in [-0.39, 0.29) is 0 Å². The summed E-state index contributed by atoms with van der Waals surface area (Å²) in [5, 5.41) is 1.75. The molecule has 0 bridgehead atoms. The summed E-state index contributed by atoms with van der Waals surface area (Å²) in [5.41, 5.74) is 2.09. The van der Waals surface area contributed by atoms with Gasteiger partial charge < -0.3 is 4.74 Å². The van der Waals surface area contributed by atoms with Crippen LogP contribution in [0.25, 0.3) is 10.9 Å². The van der Waals surface area contributed by atoms with E-state index >= 15 is 0 Å². The zero-order chi connectivity index (χ0) is 11.8. The molecule has 0 N–H and O–H groups in total. The fourth-order valence-corrected chi connectivity index (χ4v) is 2.29. The molecule has 1 saturated carbocycles. The van der Waals surface area contributed by atoms with Crippen molar-refractivity contribution in [3.8, 4) is 5.75 Å². The summed E-state index contributed by atoms with van der Waals surface area (Å²) >= 11 is 6.31. The maximum atomic E-state index is 6.31. The fraction of sp³-hybridized carbons (Fsp3) is 0.357. The van der Waals surface area contributed by atoms with E-state index < -0.39 is 0 Å². The predicted octanol–water partition coefficient (Wildman–Crippen LogP) is 4.16. The van der Waals surface area contributed by atoms with E-state index in [2.05, 4.69) is 4.98 Å². The summed E-state index contributed by atoms with van der Waals surface area (Å²) in [4.78, 5) is 4.66. The van der Waals surface area contributed by atoms with Crippen molar-refractivity contribution in [1.82, 2.24) is 4.98 Å². The zero-order valence-corrected chi connectivity index (χ0v) is 10.5. The van der Waals surface area contributed by atoms with Crippen molar-refractivity contribution in [1.29, 1.82) is 0 Å². The van der Waals surface area contributed by atoms with Gasteiger partial charge in [-0.05, 0) is 44.0 Å². The van der Waals surface area contributed by atoms with Crippen LogP contribution in [0.1, 0.15) is 31.4 Å². The molecule has 0 saturated heterocycles. The minimum atomic E-state index is 0.628. The van der Waals surface area contributed by atoms with Crippen molar-refractivity contribution < 1.29 is 4.74 Å². The number of aromatic nitrogens is 1. The van der Waals surface area contributed by atoms with Crippen molar-refractivity contribution in [3.63, 3.8) is 0 Å². The zero-order valence-electron chi connectivity index (χ0n) is 9.74. The molecule has 2 aromatic rings. The lowest BCUT2D eigenvalue weighted by Crippen LogP contribution is -1.93. The van der Waals surface area contributed by atoms with Gasteiger partial charge in [0.05, 0.1) is 17.1 Å². The second-order valence-corrected chi connectivity index (χ2v) is 4.82. The molecule has 0 aliphatic heterocycles. The number of hydrogen-bond acceptors (Lipinski definition) is 2. The Hall–Kier alpha value is -1.28. The Kier molecular flexibility index (Phi) is 2.67. The SMILES string of the molecule is CCOc1ccc2nc(C3CC3)cc(Cl)c2c1. The number of hydrogen-bond donors (Lipinski definition) is 0. The molecule has 0 radical (unpaired) electrons. The smallest absolute Gasteiger partial charge is 0.120 e. The number of fused-ring (bicyclic) bond motifs is 1. The maximum absolute atomic E-state index is 6.31. The Labute approximate surface area is 106 Å². The molecule has 3 rings (SSSR count). The largest absolute Gasteiger partial charge is 0.494 e. The van der Waals surface area contributed by atoms with Crippen LogP contribution >= 0.6 is 11.6 Å². The van der Waals surface area contributed by atoms with Crippen molar-refractivity contribution in [2.24, 2.45) is 0 Å². The van der Waals surface area contributed by atoms with Gasteiger partial charge >= 0.3 is 0 Å². The number of ether oxygens (including phenoxy) is 1. The minimum absolute atomic E-state index is 0.628. The monoisotopic (exact) mass is 247 g/mol. The Balaban J connectivity index is 2.10. The quantitative estimate of drug-likeness (QED) is 0.812. The summed E-state index contributed by atoms with van der Waals surface area (Å²) < 4.78 is 5.47. The Morgan fingerprint density at radius 1 is 1.35 bits per heavy atom. The van der Waals surface area contributed by atoms with E-state index in [4.69, 9.17) is 16.3 Å². The molecule has 1 aliphatic carbocycles. The molecule has 0 spiro atoms. The van der Waals surface area contributed by atoms with Crippen LogP contribution in [0.3, 0.4) is 0 Å². The molecule has 1 fully saturated rings. The first kappa shape index (κ1) is 10.8. The van der Waals surface area contributed by atoms with E-state index in [1.165, 1.54) is 12.8 Å². The Bertz CT molecular complexity index is 563. The molecule has 0 unspecified atom stereocenters. The standard InChI is InChI=1S/C14H14ClNO/c1-2-17-10-5-6-13-11(7-10)12(15)8-14(16-13)9-3-4-9/h5-9H,2-4H2,1H3. The number of halogens is 1. The second-order valence-electron chi connectivity index (χ2n) is 4.42. The van der Waals surface area contributed by atoms with Gasteiger partial charge in [-0.25, -0.2) is 0 Å². The lowest BCUT2D eigenvalue weighted by atomic mass is 10.1. The minimum Gasteiger partial charge on any atom is -0.494 e. The van der Waals surface area contributed by atoms with Crippen molar-refractivity contribution >= 4 is 22.5 Å². The molecule has 1 heterocycles. The molecule has 2 nitrogen and oxygen atoms in total. The topological polar surface area (TPSA) is 22.1 Å². The van der Waals surface area contributed by atoms with Gasteiger partial charge in [-0.1, -0.05) is 11.6 Å². The van der Waals surface area contributed by atoms with Crippen molar-refractivity contribution in [3.05, 3.63) is 35.0 Å². The number of pyridine rings is 1.